The van der Waals surface area contributed by atoms with E-state index in [1.807, 2.05) is 52.3 Å². The Balaban J connectivity index is 1.12. The van der Waals surface area contributed by atoms with Gasteiger partial charge in [-0.25, -0.2) is 0 Å². The van der Waals surface area contributed by atoms with Crippen molar-refractivity contribution in [3.05, 3.63) is 76.7 Å². The molecule has 0 radical (unpaired) electrons. The highest BCUT2D eigenvalue weighted by atomic mass is 32.1. The monoisotopic (exact) mass is 431 g/mol. The maximum atomic E-state index is 12.8. The first-order valence-electron chi connectivity index (χ1n) is 10.8. The predicted molar refractivity (Wildman–Crippen MR) is 122 cm³/mol. The molecule has 3 heterocycles. The molecule has 2 fully saturated rings. The van der Waals surface area contributed by atoms with Crippen LogP contribution < -0.4 is 0 Å². The van der Waals surface area contributed by atoms with E-state index >= 15 is 0 Å². The number of rotatable bonds is 4. The van der Waals surface area contributed by atoms with Crippen molar-refractivity contribution >= 4 is 23.2 Å². The smallest absolute Gasteiger partial charge is 0.265 e. The summed E-state index contributed by atoms with van der Waals surface area (Å²) in [4.78, 5) is 33.9. The van der Waals surface area contributed by atoms with Crippen LogP contribution in [0.15, 0.2) is 66.3 Å². The van der Waals surface area contributed by atoms with Gasteiger partial charge in [-0.2, -0.15) is 0 Å². The maximum Gasteiger partial charge on any atom is 0.265 e. The second-order valence-electron chi connectivity index (χ2n) is 8.41. The Morgan fingerprint density at radius 2 is 1.48 bits per heavy atom. The van der Waals surface area contributed by atoms with Gasteiger partial charge in [0, 0.05) is 31.7 Å². The molecule has 2 aliphatic rings. The third kappa shape index (κ3) is 4.12. The van der Waals surface area contributed by atoms with Crippen molar-refractivity contribution in [2.75, 3.05) is 26.2 Å². The van der Waals surface area contributed by atoms with Crippen molar-refractivity contribution in [2.24, 2.45) is 11.8 Å². The fraction of sp³-hybridized carbons (Fsp3) is 0.320. The van der Waals surface area contributed by atoms with E-state index in [0.717, 1.165) is 60.6 Å². The third-order valence-electron chi connectivity index (χ3n) is 6.57. The predicted octanol–water partition coefficient (Wildman–Crippen LogP) is 4.43. The molecule has 0 N–H and O–H groups in total. The summed E-state index contributed by atoms with van der Waals surface area (Å²) in [5, 5.41) is 0. The number of amides is 2. The van der Waals surface area contributed by atoms with Crippen molar-refractivity contribution in [2.45, 2.75) is 12.8 Å². The van der Waals surface area contributed by atoms with Crippen molar-refractivity contribution in [1.29, 1.82) is 0 Å². The minimum atomic E-state index is 0.102. The summed E-state index contributed by atoms with van der Waals surface area (Å²) >= 11 is 1.40. The largest absolute Gasteiger partial charge is 0.338 e. The highest BCUT2D eigenvalue weighted by molar-refractivity contribution is 7.11. The van der Waals surface area contributed by atoms with Gasteiger partial charge < -0.3 is 9.80 Å². The highest BCUT2D eigenvalue weighted by Gasteiger charge is 2.38. The van der Waals surface area contributed by atoms with Gasteiger partial charge in [0.15, 0.2) is 0 Å². The number of nitrogens with zero attached hydrogens (tertiary/aromatic N) is 3. The molecule has 5 rings (SSSR count). The molecule has 2 aliphatic heterocycles. The Kier molecular flexibility index (Phi) is 5.55. The van der Waals surface area contributed by atoms with Crippen LogP contribution >= 0.6 is 11.3 Å². The van der Waals surface area contributed by atoms with Gasteiger partial charge >= 0.3 is 0 Å². The number of aromatic nitrogens is 1. The van der Waals surface area contributed by atoms with E-state index < -0.39 is 0 Å². The SMILES string of the molecule is O=C(c1ccc(-c2ccccc2)cc1)N1CC(C2CCN(C(=O)c3cncs3)CC2)C1. The van der Waals surface area contributed by atoms with Crippen molar-refractivity contribution in [1.82, 2.24) is 14.8 Å². The summed E-state index contributed by atoms with van der Waals surface area (Å²) < 4.78 is 0. The molecule has 5 nitrogen and oxygen atoms in total. The summed E-state index contributed by atoms with van der Waals surface area (Å²) in [7, 11) is 0. The van der Waals surface area contributed by atoms with Crippen LogP contribution in [0.1, 0.15) is 32.9 Å². The number of likely N-dealkylation sites (tertiary alicyclic amines) is 2. The normalized spacial score (nSPS) is 17.4. The van der Waals surface area contributed by atoms with Crippen LogP contribution in [0, 0.1) is 11.8 Å². The highest BCUT2D eigenvalue weighted by Crippen LogP contribution is 2.33. The number of hydrogen-bond donors (Lipinski definition) is 0. The zero-order chi connectivity index (χ0) is 21.2. The average Bonchev–Trinajstić information content (AvgIpc) is 3.34. The summed E-state index contributed by atoms with van der Waals surface area (Å²) in [5.74, 6) is 1.36. The lowest BCUT2D eigenvalue weighted by atomic mass is 9.79. The van der Waals surface area contributed by atoms with Gasteiger partial charge in [-0.15, -0.1) is 11.3 Å². The van der Waals surface area contributed by atoms with Gasteiger partial charge in [-0.05, 0) is 47.9 Å². The number of carbonyl (C=O) groups excluding carboxylic acids is 2. The molecule has 0 aliphatic carbocycles. The molecule has 1 aromatic heterocycles. The number of piperidine rings is 1. The van der Waals surface area contributed by atoms with E-state index in [9.17, 15) is 9.59 Å². The topological polar surface area (TPSA) is 53.5 Å². The zero-order valence-electron chi connectivity index (χ0n) is 17.3. The molecule has 0 atom stereocenters. The van der Waals surface area contributed by atoms with Crippen LogP contribution in [-0.2, 0) is 0 Å². The fourth-order valence-electron chi connectivity index (χ4n) is 4.65. The number of carbonyl (C=O) groups is 2. The van der Waals surface area contributed by atoms with E-state index in [1.54, 1.807) is 11.7 Å². The molecule has 3 aromatic rings. The molecule has 31 heavy (non-hydrogen) atoms. The summed E-state index contributed by atoms with van der Waals surface area (Å²) in [6.45, 7) is 3.25. The first kappa shape index (κ1) is 19.9. The van der Waals surface area contributed by atoms with Crippen molar-refractivity contribution < 1.29 is 9.59 Å². The maximum absolute atomic E-state index is 12.8. The molecular weight excluding hydrogens is 406 g/mol. The van der Waals surface area contributed by atoms with Crippen LogP contribution in [0.25, 0.3) is 11.1 Å². The Morgan fingerprint density at radius 3 is 2.13 bits per heavy atom. The summed E-state index contributed by atoms with van der Waals surface area (Å²) in [6.07, 6.45) is 3.69. The molecule has 0 unspecified atom stereocenters. The van der Waals surface area contributed by atoms with E-state index in [-0.39, 0.29) is 11.8 Å². The Hall–Kier alpha value is -2.99. The van der Waals surface area contributed by atoms with E-state index in [0.29, 0.717) is 11.8 Å². The van der Waals surface area contributed by atoms with Crippen molar-refractivity contribution in [3.63, 3.8) is 0 Å². The molecule has 0 bridgehead atoms. The van der Waals surface area contributed by atoms with Crippen LogP contribution in [0.2, 0.25) is 0 Å². The van der Waals surface area contributed by atoms with Gasteiger partial charge in [-0.1, -0.05) is 42.5 Å². The Bertz CT molecular complexity index is 1040. The molecule has 158 valence electrons. The minimum Gasteiger partial charge on any atom is -0.338 e. The standard InChI is InChI=1S/C25H25N3O2S/c29-24(21-8-6-19(7-9-21)18-4-2-1-3-5-18)28-15-22(16-28)20-10-12-27(13-11-20)25(30)23-14-26-17-31-23/h1-9,14,17,20,22H,10-13,15-16H2. The third-order valence-corrected chi connectivity index (χ3v) is 7.33. The summed E-state index contributed by atoms with van der Waals surface area (Å²) in [6, 6.07) is 18.1. The van der Waals surface area contributed by atoms with Gasteiger partial charge in [0.1, 0.15) is 4.88 Å². The fourth-order valence-corrected chi connectivity index (χ4v) is 5.23. The lowest BCUT2D eigenvalue weighted by Gasteiger charge is -2.46. The first-order valence-corrected chi connectivity index (χ1v) is 11.7. The van der Waals surface area contributed by atoms with Crippen LogP contribution in [0.5, 0.6) is 0 Å². The van der Waals surface area contributed by atoms with E-state index in [4.69, 9.17) is 0 Å². The van der Waals surface area contributed by atoms with E-state index in [1.165, 1.54) is 11.3 Å². The Labute approximate surface area is 186 Å². The number of benzene rings is 2. The lowest BCUT2D eigenvalue weighted by Crippen LogP contribution is -2.54. The quantitative estimate of drug-likeness (QED) is 0.614. The van der Waals surface area contributed by atoms with Crippen molar-refractivity contribution in [3.8, 4) is 11.1 Å². The average molecular weight is 432 g/mol. The van der Waals surface area contributed by atoms with Crippen LogP contribution in [0.4, 0.5) is 0 Å². The van der Waals surface area contributed by atoms with Gasteiger partial charge in [0.05, 0.1) is 11.7 Å². The Morgan fingerprint density at radius 1 is 0.806 bits per heavy atom. The van der Waals surface area contributed by atoms with Gasteiger partial charge in [0.2, 0.25) is 0 Å². The number of hydrogen-bond acceptors (Lipinski definition) is 4. The molecule has 0 saturated carbocycles. The zero-order valence-corrected chi connectivity index (χ0v) is 18.1. The molecule has 2 aromatic carbocycles. The molecule has 6 heteroatoms. The number of thiazole rings is 1. The lowest BCUT2D eigenvalue weighted by molar-refractivity contribution is 0.0229. The first-order chi connectivity index (χ1) is 15.2. The van der Waals surface area contributed by atoms with Gasteiger partial charge in [-0.3, -0.25) is 14.6 Å². The molecular formula is C25H25N3O2S. The van der Waals surface area contributed by atoms with E-state index in [2.05, 4.69) is 17.1 Å². The minimum absolute atomic E-state index is 0.102. The second-order valence-corrected chi connectivity index (χ2v) is 9.30. The van der Waals surface area contributed by atoms with Crippen LogP contribution in [0.3, 0.4) is 0 Å². The molecule has 2 amide bonds. The summed E-state index contributed by atoms with van der Waals surface area (Å²) in [5.41, 5.74) is 4.74. The second kappa shape index (κ2) is 8.63. The van der Waals surface area contributed by atoms with Crippen LogP contribution in [-0.4, -0.2) is 52.8 Å². The molecule has 2 saturated heterocycles. The van der Waals surface area contributed by atoms with Gasteiger partial charge in [0.25, 0.3) is 11.8 Å². The molecule has 0 spiro atoms.